The number of aromatic nitrogens is 2. The maximum absolute atomic E-state index is 13.0. The number of carbonyl (C=O) groups excluding carboxylic acids is 1. The largest absolute Gasteiger partial charge is 0.347 e. The number of halogens is 1. The molecule has 1 amide bonds. The number of aryl methyl sites for hydroxylation is 1. The summed E-state index contributed by atoms with van der Waals surface area (Å²) >= 11 is 1.11. The monoisotopic (exact) mass is 403 g/mol. The lowest BCUT2D eigenvalue weighted by Gasteiger charge is -2.16. The summed E-state index contributed by atoms with van der Waals surface area (Å²) in [5.74, 6) is -0.688. The van der Waals surface area contributed by atoms with Gasteiger partial charge in [0.1, 0.15) is 15.5 Å². The lowest BCUT2D eigenvalue weighted by Crippen LogP contribution is -2.40. The van der Waals surface area contributed by atoms with Gasteiger partial charge in [-0.2, -0.15) is 0 Å². The molecule has 6 nitrogen and oxygen atoms in total. The van der Waals surface area contributed by atoms with Crippen LogP contribution in [0.25, 0.3) is 4.83 Å². The molecule has 3 aromatic rings. The minimum atomic E-state index is -0.423. The minimum absolute atomic E-state index is 0.175. The predicted octanol–water partition coefficient (Wildman–Crippen LogP) is 3.26. The molecule has 28 heavy (non-hydrogen) atoms. The molecule has 0 saturated heterocycles. The van der Waals surface area contributed by atoms with Crippen LogP contribution in [0, 0.1) is 12.7 Å². The van der Waals surface area contributed by atoms with Crippen molar-refractivity contribution in [3.8, 4) is 0 Å². The van der Waals surface area contributed by atoms with Gasteiger partial charge in [0, 0.05) is 24.3 Å². The van der Waals surface area contributed by atoms with Crippen LogP contribution < -0.4 is 16.6 Å². The fourth-order valence-corrected chi connectivity index (χ4v) is 4.18. The summed E-state index contributed by atoms with van der Waals surface area (Å²) in [5, 5.41) is 2.76. The Morgan fingerprint density at radius 3 is 2.43 bits per heavy atom. The first-order valence-corrected chi connectivity index (χ1v) is 9.98. The van der Waals surface area contributed by atoms with Crippen molar-refractivity contribution in [2.24, 2.45) is 0 Å². The molecule has 0 unspecified atom stereocenters. The van der Waals surface area contributed by atoms with Crippen LogP contribution in [0.15, 0.2) is 40.1 Å². The van der Waals surface area contributed by atoms with Crippen LogP contribution in [0.1, 0.15) is 53.5 Å². The number of nitrogens with zero attached hydrogens (tertiary/aromatic N) is 2. The zero-order valence-electron chi connectivity index (χ0n) is 16.0. The summed E-state index contributed by atoms with van der Waals surface area (Å²) in [4.78, 5) is 38.9. The van der Waals surface area contributed by atoms with Crippen LogP contribution in [-0.2, 0) is 6.54 Å². The molecule has 2 aromatic heterocycles. The molecule has 0 atom stereocenters. The fourth-order valence-electron chi connectivity index (χ4n) is 3.18. The van der Waals surface area contributed by atoms with Gasteiger partial charge in [-0.25, -0.2) is 9.18 Å². The topological polar surface area (TPSA) is 72.6 Å². The Morgan fingerprint density at radius 1 is 1.18 bits per heavy atom. The first-order chi connectivity index (χ1) is 13.4. The van der Waals surface area contributed by atoms with Crippen LogP contribution in [0.2, 0.25) is 0 Å². The molecule has 0 fully saturated rings. The maximum Gasteiger partial charge on any atom is 0.336 e. The highest BCUT2D eigenvalue weighted by Crippen LogP contribution is 2.20. The number of carbonyl (C=O) groups is 1. The van der Waals surface area contributed by atoms with Gasteiger partial charge in [0.2, 0.25) is 0 Å². The first-order valence-electron chi connectivity index (χ1n) is 9.17. The van der Waals surface area contributed by atoms with E-state index in [0.29, 0.717) is 28.1 Å². The van der Waals surface area contributed by atoms with E-state index in [0.717, 1.165) is 16.9 Å². The summed E-state index contributed by atoms with van der Waals surface area (Å²) in [6.07, 6.45) is 2.83. The molecule has 0 radical (unpaired) electrons. The Labute approximate surface area is 165 Å². The molecule has 1 N–H and O–H groups in total. The number of rotatable bonds is 6. The van der Waals surface area contributed by atoms with Crippen molar-refractivity contribution in [2.75, 3.05) is 0 Å². The van der Waals surface area contributed by atoms with E-state index in [1.807, 2.05) is 13.8 Å². The molecule has 2 heterocycles. The van der Waals surface area contributed by atoms with Gasteiger partial charge in [0.25, 0.3) is 11.5 Å². The molecule has 0 spiro atoms. The molecule has 0 saturated carbocycles. The molecule has 148 valence electrons. The van der Waals surface area contributed by atoms with Gasteiger partial charge in [-0.15, -0.1) is 11.3 Å². The van der Waals surface area contributed by atoms with Crippen molar-refractivity contribution in [3.05, 3.63) is 73.1 Å². The number of amides is 1. The molecule has 0 bridgehead atoms. The van der Waals surface area contributed by atoms with Gasteiger partial charge in [-0.3, -0.25) is 18.6 Å². The molecule has 0 aliphatic rings. The fraction of sp³-hybridized carbons (Fsp3) is 0.350. The van der Waals surface area contributed by atoms with E-state index in [-0.39, 0.29) is 29.9 Å². The van der Waals surface area contributed by atoms with E-state index >= 15 is 0 Å². The second kappa shape index (κ2) is 8.10. The van der Waals surface area contributed by atoms with Gasteiger partial charge in [-0.1, -0.05) is 26.0 Å². The zero-order valence-corrected chi connectivity index (χ0v) is 16.8. The van der Waals surface area contributed by atoms with Crippen molar-refractivity contribution >= 4 is 22.1 Å². The Balaban J connectivity index is 1.95. The first kappa shape index (κ1) is 20.0. The standard InChI is InChI=1S/C20H22FN3O3S/c1-4-15(5-2)24-18(26)12(3)19-23(20(24)27)11-16(28-19)17(25)22-10-13-6-8-14(21)9-7-13/h6-9,11,15H,4-5,10H2,1-3H3,(H,22,25). The van der Waals surface area contributed by atoms with Crippen molar-refractivity contribution < 1.29 is 9.18 Å². The van der Waals surface area contributed by atoms with Gasteiger partial charge in [-0.05, 0) is 37.5 Å². The van der Waals surface area contributed by atoms with Crippen molar-refractivity contribution in [3.63, 3.8) is 0 Å². The summed E-state index contributed by atoms with van der Waals surface area (Å²) in [5.41, 5.74) is 0.485. The summed E-state index contributed by atoms with van der Waals surface area (Å²) in [7, 11) is 0. The highest BCUT2D eigenvalue weighted by Gasteiger charge is 2.20. The smallest absolute Gasteiger partial charge is 0.336 e. The van der Waals surface area contributed by atoms with E-state index in [9.17, 15) is 18.8 Å². The van der Waals surface area contributed by atoms with Gasteiger partial charge < -0.3 is 5.32 Å². The van der Waals surface area contributed by atoms with Crippen LogP contribution in [0.4, 0.5) is 4.39 Å². The summed E-state index contributed by atoms with van der Waals surface area (Å²) < 4.78 is 15.6. The minimum Gasteiger partial charge on any atom is -0.347 e. The Kier molecular flexibility index (Phi) is 5.79. The zero-order chi connectivity index (χ0) is 20.4. The third kappa shape index (κ3) is 3.64. The van der Waals surface area contributed by atoms with Crippen LogP contribution in [0.5, 0.6) is 0 Å². The van der Waals surface area contributed by atoms with Crippen molar-refractivity contribution in [2.45, 2.75) is 46.2 Å². The molecule has 3 rings (SSSR count). The highest BCUT2D eigenvalue weighted by atomic mass is 32.1. The Bertz CT molecular complexity index is 1120. The van der Waals surface area contributed by atoms with Crippen molar-refractivity contribution in [1.82, 2.24) is 14.3 Å². The Hall–Kier alpha value is -2.74. The predicted molar refractivity (Wildman–Crippen MR) is 108 cm³/mol. The quantitative estimate of drug-likeness (QED) is 0.687. The number of fused-ring (bicyclic) bond motifs is 1. The Morgan fingerprint density at radius 2 is 1.82 bits per heavy atom. The van der Waals surface area contributed by atoms with E-state index in [2.05, 4.69) is 5.32 Å². The van der Waals surface area contributed by atoms with E-state index in [4.69, 9.17) is 0 Å². The SMILES string of the molecule is CCC(CC)n1c(=O)c(C)c2sc(C(=O)NCc3ccc(F)cc3)cn2c1=O. The maximum atomic E-state index is 13.0. The highest BCUT2D eigenvalue weighted by molar-refractivity contribution is 7.19. The number of benzene rings is 1. The summed E-state index contributed by atoms with van der Waals surface area (Å²) in [6, 6.07) is 5.67. The number of nitrogens with one attached hydrogen (secondary N) is 1. The normalized spacial score (nSPS) is 11.3. The van der Waals surface area contributed by atoms with Crippen LogP contribution >= 0.6 is 11.3 Å². The number of hydrogen-bond acceptors (Lipinski definition) is 4. The van der Waals surface area contributed by atoms with Crippen molar-refractivity contribution in [1.29, 1.82) is 0 Å². The molecule has 0 aliphatic carbocycles. The van der Waals surface area contributed by atoms with Gasteiger partial charge >= 0.3 is 5.69 Å². The second-order valence-corrected chi connectivity index (χ2v) is 7.66. The average Bonchev–Trinajstić information content (AvgIpc) is 3.15. The molecule has 8 heteroatoms. The van der Waals surface area contributed by atoms with Crippen LogP contribution in [0.3, 0.4) is 0 Å². The van der Waals surface area contributed by atoms with E-state index in [1.54, 1.807) is 19.1 Å². The summed E-state index contributed by atoms with van der Waals surface area (Å²) in [6.45, 7) is 5.78. The molecular formula is C20H22FN3O3S. The lowest BCUT2D eigenvalue weighted by molar-refractivity contribution is 0.0954. The molecule has 1 aromatic carbocycles. The van der Waals surface area contributed by atoms with E-state index in [1.165, 1.54) is 27.3 Å². The number of thiazole rings is 1. The lowest BCUT2D eigenvalue weighted by atomic mass is 10.1. The molecular weight excluding hydrogens is 381 g/mol. The van der Waals surface area contributed by atoms with Gasteiger partial charge in [0.05, 0.1) is 0 Å². The van der Waals surface area contributed by atoms with Gasteiger partial charge in [0.15, 0.2) is 0 Å². The second-order valence-electron chi connectivity index (χ2n) is 6.63. The third-order valence-electron chi connectivity index (χ3n) is 4.84. The third-order valence-corrected chi connectivity index (χ3v) is 6.05. The number of hydrogen-bond donors (Lipinski definition) is 1. The van der Waals surface area contributed by atoms with E-state index < -0.39 is 5.69 Å². The van der Waals surface area contributed by atoms with Crippen LogP contribution in [-0.4, -0.2) is 14.9 Å². The molecule has 0 aliphatic heterocycles. The average molecular weight is 403 g/mol.